The molecule has 9 nitrogen and oxygen atoms in total. The highest BCUT2D eigenvalue weighted by molar-refractivity contribution is 6.02. The van der Waals surface area contributed by atoms with Gasteiger partial charge in [0.15, 0.2) is 0 Å². The van der Waals surface area contributed by atoms with E-state index in [2.05, 4.69) is 14.9 Å². The van der Waals surface area contributed by atoms with Crippen LogP contribution in [-0.4, -0.2) is 71.4 Å². The molecule has 2 aromatic heterocycles. The van der Waals surface area contributed by atoms with Crippen molar-refractivity contribution in [1.29, 1.82) is 0 Å². The summed E-state index contributed by atoms with van der Waals surface area (Å²) in [5, 5.41) is 22.3. The number of carbonyl (C=O) groups excluding carboxylic acids is 1. The first-order valence-electron chi connectivity index (χ1n) is 12.1. The normalized spacial score (nSPS) is 13.5. The lowest BCUT2D eigenvalue weighted by molar-refractivity contribution is 0.0739. The van der Waals surface area contributed by atoms with Crippen molar-refractivity contribution in [3.8, 4) is 34.3 Å². The number of aromatic hydroxyl groups is 2. The van der Waals surface area contributed by atoms with Crippen LogP contribution in [0.15, 0.2) is 42.6 Å². The van der Waals surface area contributed by atoms with Crippen molar-refractivity contribution in [2.75, 3.05) is 45.3 Å². The number of ether oxygens (including phenoxy) is 2. The number of rotatable bonds is 8. The number of anilines is 1. The Morgan fingerprint density at radius 2 is 1.67 bits per heavy atom. The van der Waals surface area contributed by atoms with E-state index in [9.17, 15) is 15.0 Å². The second-order valence-corrected chi connectivity index (χ2v) is 8.59. The minimum absolute atomic E-state index is 0.218. The maximum absolute atomic E-state index is 13.6. The third-order valence-electron chi connectivity index (χ3n) is 6.43. The van der Waals surface area contributed by atoms with Gasteiger partial charge in [-0.05, 0) is 37.1 Å². The summed E-state index contributed by atoms with van der Waals surface area (Å²) in [5.74, 6) is 0.509. The highest BCUT2D eigenvalue weighted by Crippen LogP contribution is 2.47. The Morgan fingerprint density at radius 1 is 0.972 bits per heavy atom. The van der Waals surface area contributed by atoms with Gasteiger partial charge in [0.2, 0.25) is 5.88 Å². The van der Waals surface area contributed by atoms with Crippen LogP contribution in [0.1, 0.15) is 35.8 Å². The Bertz CT molecular complexity index is 1190. The van der Waals surface area contributed by atoms with E-state index in [-0.39, 0.29) is 11.3 Å². The molecule has 1 aliphatic heterocycles. The fourth-order valence-electron chi connectivity index (χ4n) is 4.53. The van der Waals surface area contributed by atoms with Gasteiger partial charge in [0, 0.05) is 32.4 Å². The van der Waals surface area contributed by atoms with Crippen molar-refractivity contribution >= 4 is 11.7 Å². The lowest BCUT2D eigenvalue weighted by Crippen LogP contribution is -2.49. The molecule has 0 saturated carbocycles. The minimum Gasteiger partial charge on any atom is -0.506 e. The van der Waals surface area contributed by atoms with E-state index in [0.29, 0.717) is 60.9 Å². The number of hydrogen-bond acceptors (Lipinski definition) is 8. The van der Waals surface area contributed by atoms with Gasteiger partial charge in [0.05, 0.1) is 31.0 Å². The summed E-state index contributed by atoms with van der Waals surface area (Å²) < 4.78 is 11.1. The molecule has 0 bridgehead atoms. The van der Waals surface area contributed by atoms with Crippen molar-refractivity contribution < 1.29 is 24.5 Å². The number of amides is 1. The zero-order chi connectivity index (χ0) is 25.7. The summed E-state index contributed by atoms with van der Waals surface area (Å²) >= 11 is 0. The van der Waals surface area contributed by atoms with Crippen LogP contribution < -0.4 is 14.4 Å². The molecule has 1 aliphatic rings. The quantitative estimate of drug-likeness (QED) is 0.488. The van der Waals surface area contributed by atoms with Crippen LogP contribution in [0.25, 0.3) is 11.1 Å². The zero-order valence-electron chi connectivity index (χ0n) is 20.9. The topological polar surface area (TPSA) is 108 Å². The summed E-state index contributed by atoms with van der Waals surface area (Å²) in [6.45, 7) is 4.04. The van der Waals surface area contributed by atoms with Crippen LogP contribution in [0.2, 0.25) is 0 Å². The molecule has 36 heavy (non-hydrogen) atoms. The third-order valence-corrected chi connectivity index (χ3v) is 6.43. The molecule has 0 unspecified atom stereocenters. The van der Waals surface area contributed by atoms with Gasteiger partial charge in [-0.25, -0.2) is 9.97 Å². The van der Waals surface area contributed by atoms with Gasteiger partial charge in [-0.1, -0.05) is 25.5 Å². The number of hydrogen-bond donors (Lipinski definition) is 2. The summed E-state index contributed by atoms with van der Waals surface area (Å²) in [5.41, 5.74) is 1.09. The smallest absolute Gasteiger partial charge is 0.263 e. The molecule has 3 aromatic rings. The van der Waals surface area contributed by atoms with E-state index in [1.54, 1.807) is 29.3 Å². The largest absolute Gasteiger partial charge is 0.506 e. The molecule has 190 valence electrons. The van der Waals surface area contributed by atoms with Crippen molar-refractivity contribution in [2.24, 2.45) is 0 Å². The van der Waals surface area contributed by atoms with Gasteiger partial charge in [-0.15, -0.1) is 0 Å². The first-order chi connectivity index (χ1) is 17.5. The van der Waals surface area contributed by atoms with Crippen LogP contribution in [0.3, 0.4) is 0 Å². The molecule has 1 aromatic carbocycles. The number of pyridine rings is 2. The fourth-order valence-corrected chi connectivity index (χ4v) is 4.53. The molecule has 4 rings (SSSR count). The van der Waals surface area contributed by atoms with Crippen molar-refractivity contribution in [3.05, 3.63) is 53.9 Å². The molecule has 2 N–H and O–H groups in total. The number of nitrogens with zero attached hydrogens (tertiary/aromatic N) is 4. The number of aromatic nitrogens is 2. The number of methoxy groups -OCH3 is 2. The fraction of sp³-hybridized carbons (Fsp3) is 0.370. The third kappa shape index (κ3) is 4.86. The average Bonchev–Trinajstić information content (AvgIpc) is 2.92. The second-order valence-electron chi connectivity index (χ2n) is 8.59. The minimum atomic E-state index is -0.478. The maximum Gasteiger partial charge on any atom is 0.263 e. The summed E-state index contributed by atoms with van der Waals surface area (Å²) in [7, 11) is 3.06. The predicted molar refractivity (Wildman–Crippen MR) is 137 cm³/mol. The molecule has 1 amide bonds. The van der Waals surface area contributed by atoms with E-state index in [1.807, 2.05) is 25.1 Å². The summed E-state index contributed by atoms with van der Waals surface area (Å²) in [6, 6.07) is 11.0. The first kappa shape index (κ1) is 25.1. The number of piperazine rings is 1. The van der Waals surface area contributed by atoms with Gasteiger partial charge in [-0.2, -0.15) is 0 Å². The maximum atomic E-state index is 13.6. The predicted octanol–water partition coefficient (Wildman–Crippen LogP) is 3.88. The highest BCUT2D eigenvalue weighted by Gasteiger charge is 2.32. The van der Waals surface area contributed by atoms with E-state index in [4.69, 9.17) is 9.47 Å². The molecule has 0 radical (unpaired) electrons. The SMILES string of the molecule is CCCCc1nc(O)c(C(=O)N2CCN(c3ccccn3)CC2)c(O)c1-c1c(OC)cccc1OC. The van der Waals surface area contributed by atoms with Crippen LogP contribution in [0.4, 0.5) is 5.82 Å². The van der Waals surface area contributed by atoms with E-state index < -0.39 is 11.8 Å². The van der Waals surface area contributed by atoms with Crippen molar-refractivity contribution in [3.63, 3.8) is 0 Å². The zero-order valence-corrected chi connectivity index (χ0v) is 20.9. The highest BCUT2D eigenvalue weighted by atomic mass is 16.5. The molecule has 1 fully saturated rings. The first-order valence-corrected chi connectivity index (χ1v) is 12.1. The van der Waals surface area contributed by atoms with Crippen molar-refractivity contribution in [1.82, 2.24) is 14.9 Å². The van der Waals surface area contributed by atoms with Crippen LogP contribution in [0, 0.1) is 0 Å². The summed E-state index contributed by atoms with van der Waals surface area (Å²) in [6.07, 6.45) is 3.93. The molecular formula is C27H32N4O5. The molecule has 0 atom stereocenters. The van der Waals surface area contributed by atoms with Crippen LogP contribution in [0.5, 0.6) is 23.1 Å². The van der Waals surface area contributed by atoms with E-state index in [1.165, 1.54) is 14.2 Å². The van der Waals surface area contributed by atoms with Gasteiger partial charge < -0.3 is 29.5 Å². The average molecular weight is 493 g/mol. The van der Waals surface area contributed by atoms with Gasteiger partial charge in [-0.3, -0.25) is 4.79 Å². The molecule has 1 saturated heterocycles. The monoisotopic (exact) mass is 492 g/mol. The number of benzene rings is 1. The lowest BCUT2D eigenvalue weighted by atomic mass is 9.95. The Morgan fingerprint density at radius 3 is 2.25 bits per heavy atom. The Hall–Kier alpha value is -4.01. The molecular weight excluding hydrogens is 460 g/mol. The molecule has 0 aliphatic carbocycles. The Balaban J connectivity index is 1.73. The molecule has 9 heteroatoms. The molecule has 3 heterocycles. The molecule has 0 spiro atoms. The number of carbonyl (C=O) groups is 1. The van der Waals surface area contributed by atoms with Crippen molar-refractivity contribution in [2.45, 2.75) is 26.2 Å². The number of unbranched alkanes of at least 4 members (excludes halogenated alkanes) is 1. The Kier molecular flexibility index (Phi) is 7.77. The van der Waals surface area contributed by atoms with Gasteiger partial charge >= 0.3 is 0 Å². The van der Waals surface area contributed by atoms with Crippen LogP contribution >= 0.6 is 0 Å². The van der Waals surface area contributed by atoms with Gasteiger partial charge in [0.1, 0.15) is 28.6 Å². The number of aryl methyl sites for hydroxylation is 1. The van der Waals surface area contributed by atoms with Crippen LogP contribution in [-0.2, 0) is 6.42 Å². The standard InChI is InChI=1S/C27H32N4O5/c1-4-5-9-18-22(23-19(35-2)10-8-11-20(23)36-3)25(32)24(26(33)29-18)27(34)31-16-14-30(15-17-31)21-12-6-7-13-28-21/h6-8,10-13H,4-5,9,14-17H2,1-3H3,(H2,29,32,33). The second kappa shape index (κ2) is 11.2. The summed E-state index contributed by atoms with van der Waals surface area (Å²) in [4.78, 5) is 26.1. The van der Waals surface area contributed by atoms with E-state index >= 15 is 0 Å². The lowest BCUT2D eigenvalue weighted by Gasteiger charge is -2.35. The van der Waals surface area contributed by atoms with Gasteiger partial charge in [0.25, 0.3) is 5.91 Å². The van der Waals surface area contributed by atoms with E-state index in [0.717, 1.165) is 18.7 Å². The Labute approximate surface area is 210 Å².